The number of benzene rings is 2. The first-order valence-corrected chi connectivity index (χ1v) is 9.34. The van der Waals surface area contributed by atoms with Crippen molar-refractivity contribution in [3.63, 3.8) is 0 Å². The molecule has 2 N–H and O–H groups in total. The fourth-order valence-electron chi connectivity index (χ4n) is 2.41. The molecule has 2 aromatic carbocycles. The van der Waals surface area contributed by atoms with Gasteiger partial charge in [0.05, 0.1) is 18.4 Å². The van der Waals surface area contributed by atoms with Gasteiger partial charge in [0.1, 0.15) is 11.4 Å². The van der Waals surface area contributed by atoms with E-state index in [-0.39, 0.29) is 5.56 Å². The van der Waals surface area contributed by atoms with Crippen molar-refractivity contribution in [2.45, 2.75) is 39.4 Å². The van der Waals surface area contributed by atoms with Crippen LogP contribution in [0.15, 0.2) is 48.5 Å². The fraction of sp³-hybridized carbons (Fsp3) is 0.318. The van der Waals surface area contributed by atoms with Crippen LogP contribution in [0.5, 0.6) is 5.75 Å². The van der Waals surface area contributed by atoms with E-state index in [1.807, 2.05) is 0 Å². The van der Waals surface area contributed by atoms with Gasteiger partial charge >= 0.3 is 12.1 Å². The molecular weight excluding hydrogens is 388 g/mol. The van der Waals surface area contributed by atoms with Crippen LogP contribution >= 0.6 is 0 Å². The molecule has 0 aliphatic carbocycles. The van der Waals surface area contributed by atoms with E-state index in [1.165, 1.54) is 26.2 Å². The Morgan fingerprint density at radius 3 is 2.33 bits per heavy atom. The Morgan fingerprint density at radius 2 is 1.67 bits per heavy atom. The molecule has 1 atom stereocenters. The quantitative estimate of drug-likeness (QED) is 0.686. The Labute approximate surface area is 175 Å². The van der Waals surface area contributed by atoms with Crippen molar-refractivity contribution >= 4 is 29.3 Å². The van der Waals surface area contributed by atoms with Gasteiger partial charge in [-0.3, -0.25) is 10.1 Å². The predicted molar refractivity (Wildman–Crippen MR) is 113 cm³/mol. The maximum Gasteiger partial charge on any atom is 0.412 e. The minimum absolute atomic E-state index is 0.181. The first-order valence-electron chi connectivity index (χ1n) is 9.34. The van der Waals surface area contributed by atoms with Gasteiger partial charge in [-0.2, -0.15) is 0 Å². The molecule has 2 aromatic rings. The number of nitrogens with one attached hydrogen (secondary N) is 2. The molecule has 0 aliphatic heterocycles. The van der Waals surface area contributed by atoms with E-state index < -0.39 is 29.7 Å². The van der Waals surface area contributed by atoms with E-state index in [4.69, 9.17) is 14.2 Å². The molecule has 8 nitrogen and oxygen atoms in total. The summed E-state index contributed by atoms with van der Waals surface area (Å²) in [5, 5.41) is 5.22. The number of hydrogen-bond acceptors (Lipinski definition) is 6. The molecule has 30 heavy (non-hydrogen) atoms. The zero-order valence-electron chi connectivity index (χ0n) is 17.6. The number of para-hydroxylation sites is 2. The zero-order valence-corrected chi connectivity index (χ0v) is 17.6. The highest BCUT2D eigenvalue weighted by molar-refractivity contribution is 5.98. The highest BCUT2D eigenvalue weighted by atomic mass is 16.6. The molecule has 0 aliphatic rings. The molecule has 0 heterocycles. The summed E-state index contributed by atoms with van der Waals surface area (Å²) in [6, 6.07) is 13.1. The van der Waals surface area contributed by atoms with Gasteiger partial charge in [0.2, 0.25) is 0 Å². The lowest BCUT2D eigenvalue weighted by molar-refractivity contribution is -0.123. The summed E-state index contributed by atoms with van der Waals surface area (Å²) in [6.07, 6.45) is -1.69. The zero-order chi connectivity index (χ0) is 22.3. The van der Waals surface area contributed by atoms with Crippen LogP contribution in [0.3, 0.4) is 0 Å². The lowest BCUT2D eigenvalue weighted by atomic mass is 10.2. The molecule has 2 rings (SSSR count). The Balaban J connectivity index is 1.99. The molecule has 0 spiro atoms. The summed E-state index contributed by atoms with van der Waals surface area (Å²) in [6.45, 7) is 6.71. The second-order valence-electron chi connectivity index (χ2n) is 7.44. The molecule has 0 aromatic heterocycles. The number of methoxy groups -OCH3 is 1. The average Bonchev–Trinajstić information content (AvgIpc) is 2.66. The first kappa shape index (κ1) is 22.7. The van der Waals surface area contributed by atoms with Crippen LogP contribution in [0.1, 0.15) is 38.1 Å². The smallest absolute Gasteiger partial charge is 0.412 e. The van der Waals surface area contributed by atoms with Crippen LogP contribution in [-0.4, -0.2) is 36.8 Å². The minimum atomic E-state index is -1.05. The summed E-state index contributed by atoms with van der Waals surface area (Å²) in [7, 11) is 1.49. The third-order valence-corrected chi connectivity index (χ3v) is 3.76. The number of anilines is 2. The molecule has 0 saturated heterocycles. The normalized spacial score (nSPS) is 11.8. The lowest BCUT2D eigenvalue weighted by Crippen LogP contribution is -2.30. The van der Waals surface area contributed by atoms with Gasteiger partial charge < -0.3 is 19.5 Å². The van der Waals surface area contributed by atoms with Crippen LogP contribution in [0.25, 0.3) is 0 Å². The predicted octanol–water partition coefficient (Wildman–Crippen LogP) is 4.23. The van der Waals surface area contributed by atoms with E-state index >= 15 is 0 Å². The third-order valence-electron chi connectivity index (χ3n) is 3.76. The third kappa shape index (κ3) is 6.80. The van der Waals surface area contributed by atoms with E-state index in [0.717, 1.165) is 0 Å². The summed E-state index contributed by atoms with van der Waals surface area (Å²) < 4.78 is 15.6. The summed E-state index contributed by atoms with van der Waals surface area (Å²) in [5.74, 6) is -0.716. The Bertz CT molecular complexity index is 920. The van der Waals surface area contributed by atoms with Gasteiger partial charge in [-0.25, -0.2) is 9.59 Å². The molecule has 160 valence electrons. The molecule has 8 heteroatoms. The maximum atomic E-state index is 12.4. The summed E-state index contributed by atoms with van der Waals surface area (Å²) >= 11 is 0. The number of amides is 2. The SMILES string of the molecule is COc1ccccc1NC(=O)C(C)OC(=O)c1cccc(NC(=O)OC(C)(C)C)c1. The van der Waals surface area contributed by atoms with Gasteiger partial charge in [-0.1, -0.05) is 18.2 Å². The largest absolute Gasteiger partial charge is 0.495 e. The number of esters is 1. The van der Waals surface area contributed by atoms with Crippen molar-refractivity contribution in [1.29, 1.82) is 0 Å². The fourth-order valence-corrected chi connectivity index (χ4v) is 2.41. The van der Waals surface area contributed by atoms with Crippen molar-refractivity contribution in [3.05, 3.63) is 54.1 Å². The lowest BCUT2D eigenvalue weighted by Gasteiger charge is -2.19. The van der Waals surface area contributed by atoms with Crippen molar-refractivity contribution in [1.82, 2.24) is 0 Å². The molecule has 0 saturated carbocycles. The van der Waals surface area contributed by atoms with Crippen molar-refractivity contribution < 1.29 is 28.6 Å². The van der Waals surface area contributed by atoms with E-state index in [2.05, 4.69) is 10.6 Å². The maximum absolute atomic E-state index is 12.4. The van der Waals surface area contributed by atoms with Crippen molar-refractivity contribution in [2.75, 3.05) is 17.7 Å². The standard InChI is InChI=1S/C22H26N2O6/c1-14(19(25)24-17-11-6-7-12-18(17)28-5)29-20(26)15-9-8-10-16(13-15)23-21(27)30-22(2,3)4/h6-14H,1-5H3,(H,23,27)(H,24,25). The number of carbonyl (C=O) groups excluding carboxylic acids is 3. The summed E-state index contributed by atoms with van der Waals surface area (Å²) in [4.78, 5) is 36.7. The summed E-state index contributed by atoms with van der Waals surface area (Å²) in [5.41, 5.74) is 0.368. The van der Waals surface area contributed by atoms with Crippen LogP contribution < -0.4 is 15.4 Å². The van der Waals surface area contributed by atoms with Crippen molar-refractivity contribution in [3.8, 4) is 5.75 Å². The first-order chi connectivity index (χ1) is 14.1. The molecule has 1 unspecified atom stereocenters. The van der Waals surface area contributed by atoms with Crippen LogP contribution in [0, 0.1) is 0 Å². The number of rotatable bonds is 6. The van der Waals surface area contributed by atoms with Crippen LogP contribution in [0.4, 0.5) is 16.2 Å². The minimum Gasteiger partial charge on any atom is -0.495 e. The Hall–Kier alpha value is -3.55. The molecule has 0 bridgehead atoms. The average molecular weight is 414 g/mol. The Morgan fingerprint density at radius 1 is 0.967 bits per heavy atom. The second kappa shape index (κ2) is 9.78. The topological polar surface area (TPSA) is 103 Å². The van der Waals surface area contributed by atoms with Crippen LogP contribution in [0.2, 0.25) is 0 Å². The van der Waals surface area contributed by atoms with E-state index in [0.29, 0.717) is 17.1 Å². The Kier molecular flexibility index (Phi) is 7.41. The van der Waals surface area contributed by atoms with Gasteiger partial charge in [0.25, 0.3) is 5.91 Å². The van der Waals surface area contributed by atoms with Gasteiger partial charge in [-0.05, 0) is 58.0 Å². The number of hydrogen-bond donors (Lipinski definition) is 2. The van der Waals surface area contributed by atoms with E-state index in [9.17, 15) is 14.4 Å². The molecular formula is C22H26N2O6. The van der Waals surface area contributed by atoms with Crippen LogP contribution in [-0.2, 0) is 14.3 Å². The van der Waals surface area contributed by atoms with Gasteiger partial charge in [0.15, 0.2) is 6.10 Å². The highest BCUT2D eigenvalue weighted by Crippen LogP contribution is 2.23. The second-order valence-corrected chi connectivity index (χ2v) is 7.44. The van der Waals surface area contributed by atoms with Crippen molar-refractivity contribution in [2.24, 2.45) is 0 Å². The highest BCUT2D eigenvalue weighted by Gasteiger charge is 2.21. The molecule has 0 radical (unpaired) electrons. The molecule has 0 fully saturated rings. The number of carbonyl (C=O) groups is 3. The molecule has 2 amide bonds. The van der Waals surface area contributed by atoms with Gasteiger partial charge in [-0.15, -0.1) is 0 Å². The van der Waals surface area contributed by atoms with Gasteiger partial charge in [0, 0.05) is 5.69 Å². The number of ether oxygens (including phenoxy) is 3. The van der Waals surface area contributed by atoms with E-state index in [1.54, 1.807) is 57.2 Å². The monoisotopic (exact) mass is 414 g/mol.